The van der Waals surface area contributed by atoms with E-state index in [1.165, 1.54) is 19.2 Å². The van der Waals surface area contributed by atoms with Crippen LogP contribution in [0.4, 0.5) is 5.82 Å². The van der Waals surface area contributed by atoms with E-state index in [4.69, 9.17) is 5.73 Å². The Labute approximate surface area is 135 Å². The van der Waals surface area contributed by atoms with Crippen molar-refractivity contribution in [2.45, 2.75) is 32.4 Å². The maximum absolute atomic E-state index is 5.92. The third-order valence-electron chi connectivity index (χ3n) is 4.09. The molecule has 0 bridgehead atoms. The molecular weight excluding hydrogens is 346 g/mol. The number of fused-ring (bicyclic) bond motifs is 1. The zero-order chi connectivity index (χ0) is 15.3. The van der Waals surface area contributed by atoms with E-state index < -0.39 is 0 Å². The van der Waals surface area contributed by atoms with Gasteiger partial charge in [-0.05, 0) is 41.6 Å². The summed E-state index contributed by atoms with van der Waals surface area (Å²) in [4.78, 5) is 12.9. The van der Waals surface area contributed by atoms with Crippen LogP contribution in [0.1, 0.15) is 31.5 Å². The SMILES string of the molecule is CC(c1cn(CC2CC2)cn1)n1nc(Br)c2c(N)ncnc21. The first-order chi connectivity index (χ1) is 10.6. The molecule has 22 heavy (non-hydrogen) atoms. The molecule has 2 N–H and O–H groups in total. The first-order valence-electron chi connectivity index (χ1n) is 7.29. The molecule has 1 fully saturated rings. The van der Waals surface area contributed by atoms with Crippen LogP contribution in [0.5, 0.6) is 0 Å². The van der Waals surface area contributed by atoms with E-state index >= 15 is 0 Å². The number of nitrogens with two attached hydrogens (primary N) is 1. The molecule has 1 saturated carbocycles. The van der Waals surface area contributed by atoms with Gasteiger partial charge in [0.25, 0.3) is 0 Å². The molecule has 3 aromatic rings. The van der Waals surface area contributed by atoms with E-state index in [-0.39, 0.29) is 6.04 Å². The lowest BCUT2D eigenvalue weighted by atomic mass is 10.2. The lowest BCUT2D eigenvalue weighted by Crippen LogP contribution is -2.10. The third kappa shape index (κ3) is 2.27. The highest BCUT2D eigenvalue weighted by atomic mass is 79.9. The van der Waals surface area contributed by atoms with Gasteiger partial charge in [0.1, 0.15) is 16.7 Å². The molecule has 1 aliphatic rings. The van der Waals surface area contributed by atoms with Gasteiger partial charge in [0.05, 0.1) is 23.4 Å². The van der Waals surface area contributed by atoms with Crippen molar-refractivity contribution >= 4 is 32.8 Å². The van der Waals surface area contributed by atoms with Gasteiger partial charge in [0.2, 0.25) is 0 Å². The fourth-order valence-electron chi connectivity index (χ4n) is 2.64. The number of hydrogen-bond acceptors (Lipinski definition) is 5. The first kappa shape index (κ1) is 13.7. The number of rotatable bonds is 4. The molecule has 7 nitrogen and oxygen atoms in total. The van der Waals surface area contributed by atoms with E-state index in [0.717, 1.165) is 23.5 Å². The number of halogens is 1. The fraction of sp³-hybridized carbons (Fsp3) is 0.429. The maximum atomic E-state index is 5.92. The van der Waals surface area contributed by atoms with Crippen LogP contribution < -0.4 is 5.73 Å². The Bertz CT molecular complexity index is 833. The molecular formula is C14H16BrN7. The molecule has 0 radical (unpaired) electrons. The molecule has 0 aliphatic heterocycles. The zero-order valence-corrected chi connectivity index (χ0v) is 13.7. The topological polar surface area (TPSA) is 87.4 Å². The summed E-state index contributed by atoms with van der Waals surface area (Å²) in [7, 11) is 0. The third-order valence-corrected chi connectivity index (χ3v) is 4.64. The highest BCUT2D eigenvalue weighted by molar-refractivity contribution is 9.10. The number of anilines is 1. The van der Waals surface area contributed by atoms with Crippen LogP contribution >= 0.6 is 15.9 Å². The van der Waals surface area contributed by atoms with Gasteiger partial charge in [-0.15, -0.1) is 0 Å². The summed E-state index contributed by atoms with van der Waals surface area (Å²) >= 11 is 3.44. The number of nitrogen functional groups attached to an aromatic ring is 1. The molecule has 114 valence electrons. The summed E-state index contributed by atoms with van der Waals surface area (Å²) in [5, 5.41) is 5.25. The Balaban J connectivity index is 1.71. The van der Waals surface area contributed by atoms with Crippen molar-refractivity contribution < 1.29 is 0 Å². The second-order valence-corrected chi connectivity index (χ2v) is 6.56. The van der Waals surface area contributed by atoms with Gasteiger partial charge < -0.3 is 10.3 Å². The van der Waals surface area contributed by atoms with Crippen molar-refractivity contribution in [2.24, 2.45) is 5.92 Å². The maximum Gasteiger partial charge on any atom is 0.165 e. The summed E-state index contributed by atoms with van der Waals surface area (Å²) in [6.07, 6.45) is 8.11. The molecule has 8 heteroatoms. The van der Waals surface area contributed by atoms with Crippen LogP contribution in [0.2, 0.25) is 0 Å². The second-order valence-electron chi connectivity index (χ2n) is 5.81. The van der Waals surface area contributed by atoms with Gasteiger partial charge in [0.15, 0.2) is 5.65 Å². The van der Waals surface area contributed by atoms with Crippen molar-refractivity contribution in [2.75, 3.05) is 5.73 Å². The zero-order valence-electron chi connectivity index (χ0n) is 12.1. The Morgan fingerprint density at radius 2 is 2.18 bits per heavy atom. The second kappa shape index (κ2) is 5.05. The van der Waals surface area contributed by atoms with Gasteiger partial charge in [-0.3, -0.25) is 0 Å². The minimum absolute atomic E-state index is 0.0245. The Morgan fingerprint density at radius 3 is 2.95 bits per heavy atom. The summed E-state index contributed by atoms with van der Waals surface area (Å²) < 4.78 is 4.65. The smallest absolute Gasteiger partial charge is 0.165 e. The molecule has 4 rings (SSSR count). The van der Waals surface area contributed by atoms with E-state index in [2.05, 4.69) is 53.7 Å². The highest BCUT2D eigenvalue weighted by Crippen LogP contribution is 2.32. The molecule has 0 saturated heterocycles. The average Bonchev–Trinajstić information content (AvgIpc) is 3.06. The van der Waals surface area contributed by atoms with Gasteiger partial charge in [-0.2, -0.15) is 5.10 Å². The monoisotopic (exact) mass is 361 g/mol. The average molecular weight is 362 g/mol. The predicted molar refractivity (Wildman–Crippen MR) is 86.2 cm³/mol. The molecule has 1 unspecified atom stereocenters. The molecule has 3 heterocycles. The number of imidazole rings is 1. The van der Waals surface area contributed by atoms with Crippen LogP contribution in [0, 0.1) is 5.92 Å². The highest BCUT2D eigenvalue weighted by Gasteiger charge is 2.23. The number of hydrogen-bond donors (Lipinski definition) is 1. The quantitative estimate of drug-likeness (QED) is 0.770. The summed E-state index contributed by atoms with van der Waals surface area (Å²) in [5.74, 6) is 1.25. The van der Waals surface area contributed by atoms with Crippen LogP contribution in [0.25, 0.3) is 11.0 Å². The standard InChI is InChI=1S/C14H16BrN7/c1-8(10-5-21(7-19-10)4-9-2-3-9)22-14-11(12(15)20-22)13(16)17-6-18-14/h5-9H,2-4H2,1H3,(H2,16,17,18). The van der Waals surface area contributed by atoms with Gasteiger partial charge in [-0.25, -0.2) is 19.6 Å². The summed E-state index contributed by atoms with van der Waals surface area (Å²) in [6, 6.07) is -0.0245. The fourth-order valence-corrected chi connectivity index (χ4v) is 3.19. The lowest BCUT2D eigenvalue weighted by molar-refractivity contribution is 0.562. The van der Waals surface area contributed by atoms with Gasteiger partial charge in [0, 0.05) is 12.7 Å². The normalized spacial score (nSPS) is 16.3. The first-order valence-corrected chi connectivity index (χ1v) is 8.08. The number of aromatic nitrogens is 6. The minimum atomic E-state index is -0.0245. The Morgan fingerprint density at radius 1 is 1.36 bits per heavy atom. The summed E-state index contributed by atoms with van der Waals surface area (Å²) in [6.45, 7) is 3.11. The van der Waals surface area contributed by atoms with E-state index in [0.29, 0.717) is 16.1 Å². The summed E-state index contributed by atoms with van der Waals surface area (Å²) in [5.41, 5.74) is 7.60. The Kier molecular flexibility index (Phi) is 3.14. The molecule has 0 aromatic carbocycles. The van der Waals surface area contributed by atoms with E-state index in [9.17, 15) is 0 Å². The lowest BCUT2D eigenvalue weighted by Gasteiger charge is -2.10. The van der Waals surface area contributed by atoms with E-state index in [1.807, 2.05) is 11.0 Å². The van der Waals surface area contributed by atoms with Crippen molar-refractivity contribution in [3.05, 3.63) is 29.1 Å². The predicted octanol–water partition coefficient (Wildman–Crippen LogP) is 2.39. The number of nitrogens with zero attached hydrogens (tertiary/aromatic N) is 6. The molecule has 1 atom stereocenters. The molecule has 3 aromatic heterocycles. The molecule has 0 amide bonds. The van der Waals surface area contributed by atoms with Gasteiger partial charge >= 0.3 is 0 Å². The van der Waals surface area contributed by atoms with E-state index in [1.54, 1.807) is 0 Å². The van der Waals surface area contributed by atoms with Crippen molar-refractivity contribution in [3.8, 4) is 0 Å². The van der Waals surface area contributed by atoms with Gasteiger partial charge in [-0.1, -0.05) is 0 Å². The van der Waals surface area contributed by atoms with Crippen LogP contribution in [0.15, 0.2) is 23.5 Å². The Hall–Kier alpha value is -1.96. The minimum Gasteiger partial charge on any atom is -0.383 e. The van der Waals surface area contributed by atoms with Crippen LogP contribution in [-0.4, -0.2) is 29.3 Å². The molecule has 1 aliphatic carbocycles. The van der Waals surface area contributed by atoms with Crippen LogP contribution in [0.3, 0.4) is 0 Å². The van der Waals surface area contributed by atoms with Crippen molar-refractivity contribution in [1.82, 2.24) is 29.3 Å². The largest absolute Gasteiger partial charge is 0.383 e. The molecule has 0 spiro atoms. The van der Waals surface area contributed by atoms with Crippen molar-refractivity contribution in [3.63, 3.8) is 0 Å². The van der Waals surface area contributed by atoms with Crippen molar-refractivity contribution in [1.29, 1.82) is 0 Å². The van der Waals surface area contributed by atoms with Crippen LogP contribution in [-0.2, 0) is 6.54 Å².